The molecule has 6 rings (SSSR count). The second-order valence-electron chi connectivity index (χ2n) is 9.19. The minimum Gasteiger partial charge on any atom is -0.370 e. The van der Waals surface area contributed by atoms with Gasteiger partial charge in [-0.3, -0.25) is 14.8 Å². The average Bonchev–Trinajstić information content (AvgIpc) is 3.57. The monoisotopic (exact) mass is 496 g/mol. The molecule has 7 nitrogen and oxygen atoms in total. The zero-order chi connectivity index (χ0) is 24.5. The van der Waals surface area contributed by atoms with Crippen LogP contribution in [0, 0.1) is 0 Å². The Morgan fingerprint density at radius 2 is 1.89 bits per heavy atom. The Hall–Kier alpha value is -3.97. The molecule has 1 aliphatic heterocycles. The molecule has 1 amide bonds. The van der Waals surface area contributed by atoms with Gasteiger partial charge >= 0.3 is 0 Å². The average molecular weight is 497 g/mol. The van der Waals surface area contributed by atoms with Crippen LogP contribution in [0.1, 0.15) is 40.0 Å². The summed E-state index contributed by atoms with van der Waals surface area (Å²) in [6.45, 7) is 2.55. The number of fused-ring (bicyclic) bond motifs is 2. The van der Waals surface area contributed by atoms with E-state index in [1.54, 1.807) is 24.7 Å². The quantitative estimate of drug-likeness (QED) is 0.334. The molecular formula is C28H25ClN6O. The molecule has 0 saturated carbocycles. The van der Waals surface area contributed by atoms with Crippen molar-refractivity contribution >= 4 is 45.1 Å². The van der Waals surface area contributed by atoms with Gasteiger partial charge in [-0.15, -0.1) is 0 Å². The van der Waals surface area contributed by atoms with E-state index in [-0.39, 0.29) is 5.91 Å². The van der Waals surface area contributed by atoms with E-state index in [2.05, 4.69) is 54.4 Å². The molecule has 1 fully saturated rings. The van der Waals surface area contributed by atoms with Crippen molar-refractivity contribution in [2.45, 2.75) is 25.8 Å². The molecule has 0 bridgehead atoms. The molecule has 0 aliphatic carbocycles. The van der Waals surface area contributed by atoms with Gasteiger partial charge in [-0.25, -0.2) is 4.98 Å². The van der Waals surface area contributed by atoms with Crippen LogP contribution in [0.15, 0.2) is 67.3 Å². The van der Waals surface area contributed by atoms with Crippen LogP contribution >= 0.6 is 11.6 Å². The van der Waals surface area contributed by atoms with Gasteiger partial charge in [-0.1, -0.05) is 17.7 Å². The van der Waals surface area contributed by atoms with Crippen LogP contribution in [0.3, 0.4) is 0 Å². The first kappa shape index (κ1) is 22.5. The number of pyridine rings is 3. The number of hydrogen-bond acceptors (Lipinski definition) is 5. The summed E-state index contributed by atoms with van der Waals surface area (Å²) in [5, 5.41) is 5.54. The maximum absolute atomic E-state index is 12.8. The predicted octanol–water partition coefficient (Wildman–Crippen LogP) is 5.28. The molecule has 2 N–H and O–H groups in total. The Kier molecular flexibility index (Phi) is 5.99. The largest absolute Gasteiger partial charge is 0.370 e. The molecule has 5 aromatic rings. The number of halogens is 1. The third-order valence-electron chi connectivity index (χ3n) is 6.66. The van der Waals surface area contributed by atoms with Crippen LogP contribution in [0.4, 0.5) is 5.69 Å². The van der Waals surface area contributed by atoms with E-state index >= 15 is 0 Å². The number of H-pyrrole nitrogens is 1. The molecule has 0 radical (unpaired) electrons. The van der Waals surface area contributed by atoms with Crippen LogP contribution < -0.4 is 10.2 Å². The van der Waals surface area contributed by atoms with E-state index in [9.17, 15) is 4.79 Å². The van der Waals surface area contributed by atoms with Crippen molar-refractivity contribution < 1.29 is 4.79 Å². The van der Waals surface area contributed by atoms with E-state index in [4.69, 9.17) is 11.6 Å². The van der Waals surface area contributed by atoms with Gasteiger partial charge in [-0.2, -0.15) is 0 Å². The molecule has 0 spiro atoms. The minimum atomic E-state index is -0.156. The summed E-state index contributed by atoms with van der Waals surface area (Å²) in [7, 11) is 0. The first-order chi connectivity index (χ1) is 17.6. The van der Waals surface area contributed by atoms with Crippen molar-refractivity contribution in [3.8, 4) is 0 Å². The predicted molar refractivity (Wildman–Crippen MR) is 143 cm³/mol. The highest BCUT2D eigenvalue weighted by Gasteiger charge is 2.14. The number of benzene rings is 1. The standard InChI is InChI=1S/C28H25ClN6O/c29-25-17-33-27-24(25)11-19(14-32-27)15-34-28(36)20-5-6-30-22(12-20)10-18-3-4-26-21(9-18)13-23(16-31-26)35-7-1-2-8-35/h3-6,9,11-14,16-17H,1-2,7-8,10,15H2,(H,32,33)(H,34,36). The fraction of sp³-hybridized carbons (Fsp3) is 0.214. The number of carbonyl (C=O) groups is 1. The molecule has 4 aromatic heterocycles. The lowest BCUT2D eigenvalue weighted by Gasteiger charge is -2.17. The lowest BCUT2D eigenvalue weighted by Crippen LogP contribution is -2.23. The van der Waals surface area contributed by atoms with E-state index in [1.165, 1.54) is 18.5 Å². The summed E-state index contributed by atoms with van der Waals surface area (Å²) in [6.07, 6.45) is 10.2. The Morgan fingerprint density at radius 1 is 1.00 bits per heavy atom. The highest BCUT2D eigenvalue weighted by molar-refractivity contribution is 6.35. The molecule has 1 aliphatic rings. The Balaban J connectivity index is 1.15. The van der Waals surface area contributed by atoms with Crippen LogP contribution in [0.25, 0.3) is 21.9 Å². The fourth-order valence-corrected chi connectivity index (χ4v) is 4.95. The Bertz CT molecular complexity index is 1570. The van der Waals surface area contributed by atoms with Gasteiger partial charge in [0.1, 0.15) is 5.65 Å². The summed E-state index contributed by atoms with van der Waals surface area (Å²) in [4.78, 5) is 31.8. The second-order valence-corrected chi connectivity index (χ2v) is 9.59. The maximum Gasteiger partial charge on any atom is 0.251 e. The summed E-state index contributed by atoms with van der Waals surface area (Å²) < 4.78 is 0. The van der Waals surface area contributed by atoms with E-state index < -0.39 is 0 Å². The zero-order valence-electron chi connectivity index (χ0n) is 19.7. The zero-order valence-corrected chi connectivity index (χ0v) is 20.4. The molecule has 0 atom stereocenters. The summed E-state index contributed by atoms with van der Waals surface area (Å²) in [5.41, 5.74) is 6.32. The van der Waals surface area contributed by atoms with Gasteiger partial charge in [0.05, 0.1) is 22.4 Å². The summed E-state index contributed by atoms with van der Waals surface area (Å²) in [6, 6.07) is 14.0. The van der Waals surface area contributed by atoms with E-state index in [1.807, 2.05) is 18.3 Å². The Labute approximate surface area is 213 Å². The van der Waals surface area contributed by atoms with Crippen LogP contribution in [-0.4, -0.2) is 38.9 Å². The molecular weight excluding hydrogens is 472 g/mol. The number of rotatable bonds is 6. The van der Waals surface area contributed by atoms with Crippen molar-refractivity contribution in [2.75, 3.05) is 18.0 Å². The number of aromatic nitrogens is 4. The normalized spacial score (nSPS) is 13.5. The number of nitrogens with one attached hydrogen (secondary N) is 2. The molecule has 180 valence electrons. The third-order valence-corrected chi connectivity index (χ3v) is 6.97. The number of aromatic amines is 1. The highest BCUT2D eigenvalue weighted by Crippen LogP contribution is 2.25. The molecule has 0 unspecified atom stereocenters. The number of carbonyl (C=O) groups excluding carboxylic acids is 1. The van der Waals surface area contributed by atoms with Crippen LogP contribution in [-0.2, 0) is 13.0 Å². The Morgan fingerprint density at radius 3 is 2.78 bits per heavy atom. The van der Waals surface area contributed by atoms with Gasteiger partial charge in [0, 0.05) is 66.7 Å². The molecule has 8 heteroatoms. The number of anilines is 1. The lowest BCUT2D eigenvalue weighted by atomic mass is 10.0. The third kappa shape index (κ3) is 4.62. The molecule has 1 saturated heterocycles. The first-order valence-corrected chi connectivity index (χ1v) is 12.5. The van der Waals surface area contributed by atoms with Crippen molar-refractivity contribution in [3.05, 3.63) is 94.7 Å². The van der Waals surface area contributed by atoms with Crippen molar-refractivity contribution in [2.24, 2.45) is 0 Å². The summed E-state index contributed by atoms with van der Waals surface area (Å²) in [5.74, 6) is -0.156. The van der Waals surface area contributed by atoms with Gasteiger partial charge < -0.3 is 15.2 Å². The van der Waals surface area contributed by atoms with Crippen LogP contribution in [0.2, 0.25) is 5.02 Å². The molecule has 5 heterocycles. The topological polar surface area (TPSA) is 86.8 Å². The van der Waals surface area contributed by atoms with Gasteiger partial charge in [-0.05, 0) is 60.4 Å². The number of hydrogen-bond donors (Lipinski definition) is 2. The molecule has 36 heavy (non-hydrogen) atoms. The second kappa shape index (κ2) is 9.59. The molecule has 1 aromatic carbocycles. The van der Waals surface area contributed by atoms with Crippen LogP contribution in [0.5, 0.6) is 0 Å². The van der Waals surface area contributed by atoms with E-state index in [0.29, 0.717) is 23.6 Å². The van der Waals surface area contributed by atoms with Gasteiger partial charge in [0.15, 0.2) is 0 Å². The highest BCUT2D eigenvalue weighted by atomic mass is 35.5. The van der Waals surface area contributed by atoms with Gasteiger partial charge in [0.25, 0.3) is 5.91 Å². The SMILES string of the molecule is O=C(NCc1cnc2[nH]cc(Cl)c2c1)c1ccnc(Cc2ccc3ncc(N4CCCC4)cc3c2)c1. The minimum absolute atomic E-state index is 0.156. The van der Waals surface area contributed by atoms with Crippen molar-refractivity contribution in [1.82, 2.24) is 25.3 Å². The van der Waals surface area contributed by atoms with Crippen molar-refractivity contribution in [1.29, 1.82) is 0 Å². The summed E-state index contributed by atoms with van der Waals surface area (Å²) >= 11 is 6.19. The first-order valence-electron chi connectivity index (χ1n) is 12.1. The fourth-order valence-electron chi connectivity index (χ4n) is 4.75. The van der Waals surface area contributed by atoms with Crippen molar-refractivity contribution in [3.63, 3.8) is 0 Å². The smallest absolute Gasteiger partial charge is 0.251 e. The number of amides is 1. The number of nitrogens with zero attached hydrogens (tertiary/aromatic N) is 4. The lowest BCUT2D eigenvalue weighted by molar-refractivity contribution is 0.0950. The van der Waals surface area contributed by atoms with Gasteiger partial charge in [0.2, 0.25) is 0 Å². The van der Waals surface area contributed by atoms with E-state index in [0.717, 1.165) is 51.8 Å². The maximum atomic E-state index is 12.8.